The number of aromatic nitrogens is 2. The molecule has 6 heteroatoms. The lowest BCUT2D eigenvalue weighted by molar-refractivity contribution is -0.121. The van der Waals surface area contributed by atoms with Crippen molar-refractivity contribution < 1.29 is 9.21 Å². The van der Waals surface area contributed by atoms with E-state index in [9.17, 15) is 4.79 Å². The van der Waals surface area contributed by atoms with Crippen molar-refractivity contribution >= 4 is 17.7 Å². The van der Waals surface area contributed by atoms with Crippen molar-refractivity contribution in [3.05, 3.63) is 65.2 Å². The molecule has 0 unspecified atom stereocenters. The summed E-state index contributed by atoms with van der Waals surface area (Å²) >= 11 is 1.29. The molecule has 28 heavy (non-hydrogen) atoms. The third-order valence-corrected chi connectivity index (χ3v) is 5.94. The number of fused-ring (bicyclic) bond motifs is 1. The second-order valence-corrected chi connectivity index (χ2v) is 8.45. The van der Waals surface area contributed by atoms with E-state index < -0.39 is 0 Å². The number of hydrogen-bond donors (Lipinski definition) is 1. The quantitative estimate of drug-likeness (QED) is 0.635. The number of rotatable bonds is 5. The number of nitrogens with one attached hydrogen (secondary N) is 1. The number of aryl methyl sites for hydroxylation is 2. The lowest BCUT2D eigenvalue weighted by atomic mass is 9.88. The number of carbonyl (C=O) groups excluding carboxylic acids is 1. The maximum atomic E-state index is 12.7. The third-order valence-electron chi connectivity index (χ3n) is 5.00. The maximum Gasteiger partial charge on any atom is 0.277 e. The summed E-state index contributed by atoms with van der Waals surface area (Å²) < 4.78 is 5.75. The molecule has 0 bridgehead atoms. The molecule has 1 heterocycles. The van der Waals surface area contributed by atoms with Crippen molar-refractivity contribution in [1.82, 2.24) is 15.5 Å². The first kappa shape index (κ1) is 18.7. The van der Waals surface area contributed by atoms with Crippen LogP contribution in [0.3, 0.4) is 0 Å². The van der Waals surface area contributed by atoms with Crippen LogP contribution in [0.15, 0.2) is 58.2 Å². The molecule has 144 valence electrons. The summed E-state index contributed by atoms with van der Waals surface area (Å²) in [7, 11) is 0. The van der Waals surface area contributed by atoms with E-state index in [0.29, 0.717) is 11.1 Å². The van der Waals surface area contributed by atoms with E-state index in [-0.39, 0.29) is 17.2 Å². The van der Waals surface area contributed by atoms with Crippen molar-refractivity contribution in [3.63, 3.8) is 0 Å². The van der Waals surface area contributed by atoms with E-state index in [1.165, 1.54) is 22.9 Å². The van der Waals surface area contributed by atoms with Crippen LogP contribution < -0.4 is 5.32 Å². The summed E-state index contributed by atoms with van der Waals surface area (Å²) in [6.45, 7) is 3.89. The van der Waals surface area contributed by atoms with Crippen molar-refractivity contribution in [3.8, 4) is 11.5 Å². The van der Waals surface area contributed by atoms with Crippen LogP contribution in [0.25, 0.3) is 11.5 Å². The van der Waals surface area contributed by atoms with Gasteiger partial charge in [0.05, 0.1) is 11.3 Å². The second-order valence-electron chi connectivity index (χ2n) is 7.15. The average molecular weight is 394 g/mol. The van der Waals surface area contributed by atoms with Crippen LogP contribution in [0.4, 0.5) is 0 Å². The summed E-state index contributed by atoms with van der Waals surface area (Å²) in [6, 6.07) is 16.3. The van der Waals surface area contributed by atoms with Gasteiger partial charge in [-0.1, -0.05) is 53.7 Å². The van der Waals surface area contributed by atoms with Crippen LogP contribution >= 0.6 is 11.8 Å². The van der Waals surface area contributed by atoms with Gasteiger partial charge in [0.25, 0.3) is 5.22 Å². The van der Waals surface area contributed by atoms with Gasteiger partial charge in [0, 0.05) is 5.56 Å². The van der Waals surface area contributed by atoms with Crippen molar-refractivity contribution in [2.45, 2.75) is 49.6 Å². The summed E-state index contributed by atoms with van der Waals surface area (Å²) in [4.78, 5) is 12.7. The molecule has 1 N–H and O–H groups in total. The van der Waals surface area contributed by atoms with Gasteiger partial charge in [-0.15, -0.1) is 10.2 Å². The summed E-state index contributed by atoms with van der Waals surface area (Å²) in [5.41, 5.74) is 4.58. The zero-order valence-electron chi connectivity index (χ0n) is 16.0. The van der Waals surface area contributed by atoms with Gasteiger partial charge in [-0.25, -0.2) is 0 Å². The minimum absolute atomic E-state index is 0.0120. The molecule has 2 atom stereocenters. The number of amides is 1. The van der Waals surface area contributed by atoms with Crippen LogP contribution in [-0.2, 0) is 11.2 Å². The van der Waals surface area contributed by atoms with E-state index in [4.69, 9.17) is 4.42 Å². The van der Waals surface area contributed by atoms with Crippen LogP contribution in [0, 0.1) is 6.92 Å². The Morgan fingerprint density at radius 1 is 1.21 bits per heavy atom. The zero-order valence-corrected chi connectivity index (χ0v) is 16.8. The Bertz CT molecular complexity index is 985. The lowest BCUT2D eigenvalue weighted by Gasteiger charge is -2.27. The largest absolute Gasteiger partial charge is 0.411 e. The molecule has 0 fully saturated rings. The van der Waals surface area contributed by atoms with Crippen LogP contribution in [0.2, 0.25) is 0 Å². The minimum atomic E-state index is -0.320. The first-order chi connectivity index (χ1) is 13.6. The smallest absolute Gasteiger partial charge is 0.277 e. The van der Waals surface area contributed by atoms with Gasteiger partial charge in [0.15, 0.2) is 0 Å². The van der Waals surface area contributed by atoms with Gasteiger partial charge >= 0.3 is 0 Å². The number of thioether (sulfide) groups is 1. The molecular weight excluding hydrogens is 370 g/mol. The highest BCUT2D eigenvalue weighted by atomic mass is 32.2. The lowest BCUT2D eigenvalue weighted by Crippen LogP contribution is -2.35. The van der Waals surface area contributed by atoms with E-state index in [1.54, 1.807) is 0 Å². The van der Waals surface area contributed by atoms with Crippen LogP contribution in [0.1, 0.15) is 42.5 Å². The molecule has 0 spiro atoms. The number of benzene rings is 2. The highest BCUT2D eigenvalue weighted by molar-refractivity contribution is 8.00. The second kappa shape index (κ2) is 8.19. The first-order valence-electron chi connectivity index (χ1n) is 9.55. The van der Waals surface area contributed by atoms with E-state index >= 15 is 0 Å². The molecule has 0 saturated carbocycles. The molecule has 1 aliphatic rings. The predicted molar refractivity (Wildman–Crippen MR) is 110 cm³/mol. The van der Waals surface area contributed by atoms with Crippen LogP contribution in [-0.4, -0.2) is 21.4 Å². The van der Waals surface area contributed by atoms with Gasteiger partial charge in [0.2, 0.25) is 11.8 Å². The number of carbonyl (C=O) groups is 1. The van der Waals surface area contributed by atoms with Crippen molar-refractivity contribution in [2.75, 3.05) is 0 Å². The molecule has 0 aliphatic heterocycles. The molecule has 0 radical (unpaired) electrons. The standard InChI is InChI=1S/C22H23N3O2S/c1-14-7-5-10-17(13-14)21-24-25-22(27-21)28-15(2)20(26)23-19-12-6-9-16-8-3-4-11-18(16)19/h3-5,7-8,10-11,13,15,19H,6,9,12H2,1-2H3,(H,23,26)/t15-,19-/m1/s1. The Balaban J connectivity index is 1.40. The summed E-state index contributed by atoms with van der Waals surface area (Å²) in [5, 5.41) is 11.5. The van der Waals surface area contributed by atoms with E-state index in [0.717, 1.165) is 30.4 Å². The highest BCUT2D eigenvalue weighted by Gasteiger charge is 2.25. The SMILES string of the molecule is Cc1cccc(-c2nnc(S[C@H](C)C(=O)N[C@@H]3CCCc4ccccc43)o2)c1. The summed E-state index contributed by atoms with van der Waals surface area (Å²) in [5.74, 6) is 0.460. The minimum Gasteiger partial charge on any atom is -0.411 e. The average Bonchev–Trinajstić information content (AvgIpc) is 3.17. The Kier molecular flexibility index (Phi) is 5.48. The van der Waals surface area contributed by atoms with Gasteiger partial charge < -0.3 is 9.73 Å². The number of hydrogen-bond acceptors (Lipinski definition) is 5. The molecule has 1 amide bonds. The Hall–Kier alpha value is -2.60. The van der Waals surface area contributed by atoms with Crippen LogP contribution in [0.5, 0.6) is 0 Å². The molecule has 1 aliphatic carbocycles. The first-order valence-corrected chi connectivity index (χ1v) is 10.4. The Labute approximate surface area is 168 Å². The topological polar surface area (TPSA) is 68.0 Å². The predicted octanol–water partition coefficient (Wildman–Crippen LogP) is 4.72. The maximum absolute atomic E-state index is 12.7. The summed E-state index contributed by atoms with van der Waals surface area (Å²) in [6.07, 6.45) is 3.14. The Morgan fingerprint density at radius 2 is 2.07 bits per heavy atom. The normalized spacial score (nSPS) is 17.0. The van der Waals surface area contributed by atoms with Gasteiger partial charge in [-0.2, -0.15) is 0 Å². The molecule has 4 rings (SSSR count). The molecule has 0 saturated heterocycles. The zero-order chi connectivity index (χ0) is 19.5. The molecule has 3 aromatic rings. The highest BCUT2D eigenvalue weighted by Crippen LogP contribution is 2.31. The molecule has 2 aromatic carbocycles. The monoisotopic (exact) mass is 393 g/mol. The van der Waals surface area contributed by atoms with Gasteiger partial charge in [-0.05, 0) is 56.4 Å². The van der Waals surface area contributed by atoms with Gasteiger partial charge in [0.1, 0.15) is 0 Å². The third kappa shape index (κ3) is 4.12. The molecule has 5 nitrogen and oxygen atoms in total. The fraction of sp³-hybridized carbons (Fsp3) is 0.318. The number of nitrogens with zero attached hydrogens (tertiary/aromatic N) is 2. The van der Waals surface area contributed by atoms with E-state index in [1.807, 2.05) is 44.2 Å². The van der Waals surface area contributed by atoms with Crippen molar-refractivity contribution in [1.29, 1.82) is 0 Å². The van der Waals surface area contributed by atoms with Gasteiger partial charge in [-0.3, -0.25) is 4.79 Å². The van der Waals surface area contributed by atoms with Crippen molar-refractivity contribution in [2.24, 2.45) is 0 Å². The fourth-order valence-corrected chi connectivity index (χ4v) is 4.24. The fourth-order valence-electron chi connectivity index (χ4n) is 3.55. The Morgan fingerprint density at radius 3 is 2.93 bits per heavy atom. The molecular formula is C22H23N3O2S. The molecule has 1 aromatic heterocycles. The van der Waals surface area contributed by atoms with E-state index in [2.05, 4.69) is 33.7 Å².